The largest absolute Gasteiger partial charge is 0.474 e. The third-order valence-corrected chi connectivity index (χ3v) is 7.39. The summed E-state index contributed by atoms with van der Waals surface area (Å²) in [4.78, 5) is 8.63. The summed E-state index contributed by atoms with van der Waals surface area (Å²) in [6.07, 6.45) is 4.91. The minimum atomic E-state index is -4.02. The van der Waals surface area contributed by atoms with Gasteiger partial charge in [-0.2, -0.15) is 14.6 Å². The summed E-state index contributed by atoms with van der Waals surface area (Å²) >= 11 is 0. The second-order valence-corrected chi connectivity index (χ2v) is 11.0. The van der Waals surface area contributed by atoms with Crippen LogP contribution in [-0.2, 0) is 10.0 Å². The second-order valence-electron chi connectivity index (χ2n) is 9.40. The molecule has 1 fully saturated rings. The maximum atomic E-state index is 14.9. The highest BCUT2D eigenvalue weighted by atomic mass is 32.2. The van der Waals surface area contributed by atoms with Crippen LogP contribution in [0.25, 0.3) is 16.8 Å². The van der Waals surface area contributed by atoms with E-state index in [0.29, 0.717) is 28.7 Å². The van der Waals surface area contributed by atoms with Crippen LogP contribution in [0.1, 0.15) is 68.8 Å². The van der Waals surface area contributed by atoms with Gasteiger partial charge in [0.05, 0.1) is 16.2 Å². The van der Waals surface area contributed by atoms with Crippen LogP contribution in [0, 0.1) is 12.7 Å². The molecule has 4 aromatic rings. The lowest BCUT2D eigenvalue weighted by Gasteiger charge is -2.27. The average Bonchev–Trinajstić information content (AvgIpc) is 3.45. The van der Waals surface area contributed by atoms with Crippen molar-refractivity contribution in [3.63, 3.8) is 0 Å². The molecule has 12 heteroatoms. The van der Waals surface area contributed by atoms with Crippen LogP contribution in [0.4, 0.5) is 4.39 Å². The Labute approximate surface area is 207 Å². The first-order valence-corrected chi connectivity index (χ1v) is 13.3. The number of benzene rings is 1. The van der Waals surface area contributed by atoms with Crippen molar-refractivity contribution in [3.8, 4) is 17.0 Å². The molecule has 1 aliphatic rings. The minimum absolute atomic E-state index is 0.0296. The predicted molar refractivity (Wildman–Crippen MR) is 129 cm³/mol. The van der Waals surface area contributed by atoms with Crippen molar-refractivity contribution in [1.82, 2.24) is 24.7 Å². The number of primary sulfonamides is 1. The van der Waals surface area contributed by atoms with E-state index < -0.39 is 15.8 Å². The van der Waals surface area contributed by atoms with E-state index >= 15 is 0 Å². The molecule has 36 heavy (non-hydrogen) atoms. The Morgan fingerprint density at radius 2 is 1.94 bits per heavy atom. The molecule has 2 N–H and O–H groups in total. The maximum Gasteiger partial charge on any atom is 0.238 e. The highest BCUT2D eigenvalue weighted by Crippen LogP contribution is 2.36. The summed E-state index contributed by atoms with van der Waals surface area (Å²) < 4.78 is 51.4. The van der Waals surface area contributed by atoms with Crippen molar-refractivity contribution < 1.29 is 22.1 Å². The summed E-state index contributed by atoms with van der Waals surface area (Å²) in [5, 5.41) is 13.7. The predicted octanol–water partition coefficient (Wildman–Crippen LogP) is 4.10. The van der Waals surface area contributed by atoms with E-state index in [2.05, 4.69) is 20.2 Å². The molecule has 0 aliphatic heterocycles. The number of fused-ring (bicyclic) bond motifs is 1. The summed E-state index contributed by atoms with van der Waals surface area (Å²) in [5.41, 5.74) is 1.58. The zero-order valence-electron chi connectivity index (χ0n) is 20.2. The van der Waals surface area contributed by atoms with Gasteiger partial charge in [0.1, 0.15) is 11.9 Å². The van der Waals surface area contributed by atoms with Gasteiger partial charge in [0.15, 0.2) is 11.5 Å². The lowest BCUT2D eigenvalue weighted by Crippen LogP contribution is -2.24. The third kappa shape index (κ3) is 4.58. The van der Waals surface area contributed by atoms with Gasteiger partial charge in [-0.15, -0.1) is 0 Å². The number of hydrogen-bond acceptors (Lipinski definition) is 8. The van der Waals surface area contributed by atoms with Crippen LogP contribution in [0.2, 0.25) is 0 Å². The molecule has 5 rings (SSSR count). The Balaban J connectivity index is 1.37. The third-order valence-electron chi connectivity index (χ3n) is 6.48. The zero-order valence-corrected chi connectivity index (χ0v) is 21.0. The molecule has 0 unspecified atom stereocenters. The van der Waals surface area contributed by atoms with Gasteiger partial charge in [0.2, 0.25) is 21.8 Å². The number of aryl methyl sites for hydroxylation is 1. The molecule has 0 radical (unpaired) electrons. The molecule has 0 saturated heterocycles. The number of nitrogens with zero attached hydrogens (tertiary/aromatic N) is 5. The summed E-state index contributed by atoms with van der Waals surface area (Å²) in [7, 11) is -4.02. The monoisotopic (exact) mass is 514 g/mol. The van der Waals surface area contributed by atoms with E-state index in [-0.39, 0.29) is 28.4 Å². The number of halogens is 1. The molecule has 3 heterocycles. The molecule has 3 aromatic heterocycles. The van der Waals surface area contributed by atoms with Gasteiger partial charge in [-0.25, -0.2) is 22.9 Å². The van der Waals surface area contributed by atoms with Crippen molar-refractivity contribution in [2.75, 3.05) is 0 Å². The quantitative estimate of drug-likeness (QED) is 0.406. The lowest BCUT2D eigenvalue weighted by atomic mass is 9.87. The van der Waals surface area contributed by atoms with Crippen molar-refractivity contribution in [2.45, 2.75) is 69.3 Å². The van der Waals surface area contributed by atoms with Crippen molar-refractivity contribution in [3.05, 3.63) is 53.7 Å². The van der Waals surface area contributed by atoms with Gasteiger partial charge < -0.3 is 9.26 Å². The number of rotatable bonds is 6. The number of hydrogen-bond donors (Lipinski definition) is 1. The van der Waals surface area contributed by atoms with E-state index in [9.17, 15) is 12.8 Å². The number of sulfonamides is 1. The topological polar surface area (TPSA) is 138 Å². The summed E-state index contributed by atoms with van der Waals surface area (Å²) in [5.74, 6) is 1.62. The number of ether oxygens (including phenoxy) is 1. The molecule has 1 aromatic carbocycles. The molecule has 10 nitrogen and oxygen atoms in total. The molecule has 1 aliphatic carbocycles. The average molecular weight is 515 g/mol. The summed E-state index contributed by atoms with van der Waals surface area (Å²) in [6, 6.07) is 5.27. The SMILES string of the molecule is Cc1nn2c(OC3CCC(c4nc(C(C)C)no4)CC3)ccnc2c1-c1ccc(S(N)(=O)=O)cc1F. The molecular formula is C24H27FN6O4S. The Hall–Kier alpha value is -3.38. The van der Waals surface area contributed by atoms with Gasteiger partial charge in [0.25, 0.3) is 0 Å². The summed E-state index contributed by atoms with van der Waals surface area (Å²) in [6.45, 7) is 5.80. The number of aromatic nitrogens is 5. The van der Waals surface area contributed by atoms with Gasteiger partial charge >= 0.3 is 0 Å². The fraction of sp³-hybridized carbons (Fsp3) is 0.417. The van der Waals surface area contributed by atoms with E-state index in [4.69, 9.17) is 14.4 Å². The van der Waals surface area contributed by atoms with E-state index in [0.717, 1.165) is 37.6 Å². The Bertz CT molecular complexity index is 1520. The fourth-order valence-electron chi connectivity index (χ4n) is 4.56. The van der Waals surface area contributed by atoms with E-state index in [1.165, 1.54) is 12.1 Å². The van der Waals surface area contributed by atoms with Gasteiger partial charge in [-0.3, -0.25) is 0 Å². The van der Waals surface area contributed by atoms with Gasteiger partial charge in [-0.1, -0.05) is 19.0 Å². The van der Waals surface area contributed by atoms with E-state index in [1.807, 2.05) is 13.8 Å². The smallest absolute Gasteiger partial charge is 0.238 e. The van der Waals surface area contributed by atoms with Crippen LogP contribution in [0.5, 0.6) is 5.88 Å². The van der Waals surface area contributed by atoms with Gasteiger partial charge in [-0.05, 0) is 50.8 Å². The van der Waals surface area contributed by atoms with Gasteiger partial charge in [0, 0.05) is 29.7 Å². The fourth-order valence-corrected chi connectivity index (χ4v) is 5.08. The Morgan fingerprint density at radius 3 is 2.58 bits per heavy atom. The molecule has 190 valence electrons. The van der Waals surface area contributed by atoms with E-state index in [1.54, 1.807) is 23.7 Å². The minimum Gasteiger partial charge on any atom is -0.474 e. The molecule has 0 bridgehead atoms. The molecule has 0 amide bonds. The van der Waals surface area contributed by atoms with Crippen LogP contribution >= 0.6 is 0 Å². The van der Waals surface area contributed by atoms with Crippen LogP contribution < -0.4 is 9.88 Å². The van der Waals surface area contributed by atoms with Crippen LogP contribution in [-0.4, -0.2) is 39.3 Å². The van der Waals surface area contributed by atoms with Crippen molar-refractivity contribution in [1.29, 1.82) is 0 Å². The van der Waals surface area contributed by atoms with Crippen LogP contribution in [0.3, 0.4) is 0 Å². The van der Waals surface area contributed by atoms with Crippen LogP contribution in [0.15, 0.2) is 39.9 Å². The van der Waals surface area contributed by atoms with Crippen molar-refractivity contribution >= 4 is 15.7 Å². The highest BCUT2D eigenvalue weighted by Gasteiger charge is 2.29. The van der Waals surface area contributed by atoms with Crippen molar-refractivity contribution in [2.24, 2.45) is 5.14 Å². The lowest BCUT2D eigenvalue weighted by molar-refractivity contribution is 0.130. The molecule has 1 saturated carbocycles. The first-order valence-electron chi connectivity index (χ1n) is 11.8. The second kappa shape index (κ2) is 9.25. The molecule has 0 atom stereocenters. The zero-order chi connectivity index (χ0) is 25.6. The Morgan fingerprint density at radius 1 is 1.19 bits per heavy atom. The standard InChI is InChI=1S/C24H27FN6O4S/c1-13(2)22-28-24(35-30-22)15-4-6-16(7-5-15)34-20-10-11-27-23-21(14(3)29-31(20)23)18-9-8-17(12-19(18)25)36(26,32)33/h8-13,15-16H,4-7H2,1-3H3,(H2,26,32,33). The number of nitrogens with two attached hydrogens (primary N) is 1. The highest BCUT2D eigenvalue weighted by molar-refractivity contribution is 7.89. The molecular weight excluding hydrogens is 487 g/mol. The Kier molecular flexibility index (Phi) is 6.25. The maximum absolute atomic E-state index is 14.9. The molecule has 0 spiro atoms. The first kappa shape index (κ1) is 24.3. The first-order chi connectivity index (χ1) is 17.1. The normalized spacial score (nSPS) is 18.7.